The van der Waals surface area contributed by atoms with Crippen LogP contribution in [0.2, 0.25) is 0 Å². The van der Waals surface area contributed by atoms with Crippen molar-refractivity contribution in [1.29, 1.82) is 0 Å². The van der Waals surface area contributed by atoms with Crippen molar-refractivity contribution in [2.45, 2.75) is 20.5 Å². The molecule has 0 saturated heterocycles. The van der Waals surface area contributed by atoms with Gasteiger partial charge in [-0.25, -0.2) is 4.98 Å². The zero-order valence-corrected chi connectivity index (χ0v) is 8.73. The van der Waals surface area contributed by atoms with E-state index >= 15 is 0 Å². The Morgan fingerprint density at radius 1 is 1.33 bits per heavy atom. The summed E-state index contributed by atoms with van der Waals surface area (Å²) in [6, 6.07) is 5.55. The third-order valence-electron chi connectivity index (χ3n) is 2.18. The standard InChI is InChI=1S/C11H12N2O2/c1-8-10(9(2)15-13-8)7-14-11-5-3-4-6-12-11/h3-6H,7H2,1-2H3. The average Bonchev–Trinajstić information content (AvgIpc) is 2.58. The molecule has 4 nitrogen and oxygen atoms in total. The molecule has 2 aromatic rings. The van der Waals surface area contributed by atoms with Gasteiger partial charge in [0, 0.05) is 12.3 Å². The van der Waals surface area contributed by atoms with Crippen LogP contribution < -0.4 is 4.74 Å². The van der Waals surface area contributed by atoms with E-state index in [2.05, 4.69) is 10.1 Å². The summed E-state index contributed by atoms with van der Waals surface area (Å²) in [5, 5.41) is 3.85. The van der Waals surface area contributed by atoms with Crippen molar-refractivity contribution in [2.24, 2.45) is 0 Å². The predicted molar refractivity (Wildman–Crippen MR) is 54.5 cm³/mol. The number of pyridine rings is 1. The van der Waals surface area contributed by atoms with Gasteiger partial charge in [-0.3, -0.25) is 0 Å². The van der Waals surface area contributed by atoms with E-state index < -0.39 is 0 Å². The lowest BCUT2D eigenvalue weighted by molar-refractivity contribution is 0.290. The topological polar surface area (TPSA) is 48.2 Å². The van der Waals surface area contributed by atoms with E-state index in [1.54, 1.807) is 6.20 Å². The highest BCUT2D eigenvalue weighted by Crippen LogP contribution is 2.14. The van der Waals surface area contributed by atoms with Crippen LogP contribution in [-0.4, -0.2) is 10.1 Å². The molecule has 0 aliphatic rings. The molecule has 4 heteroatoms. The fourth-order valence-electron chi connectivity index (χ4n) is 1.29. The van der Waals surface area contributed by atoms with Crippen LogP contribution in [0.15, 0.2) is 28.9 Å². The second kappa shape index (κ2) is 4.13. The monoisotopic (exact) mass is 204 g/mol. The van der Waals surface area contributed by atoms with Gasteiger partial charge in [0.1, 0.15) is 12.4 Å². The number of hydrogen-bond acceptors (Lipinski definition) is 4. The maximum absolute atomic E-state index is 5.50. The van der Waals surface area contributed by atoms with Gasteiger partial charge in [0.15, 0.2) is 0 Å². The van der Waals surface area contributed by atoms with E-state index in [0.717, 1.165) is 17.0 Å². The van der Waals surface area contributed by atoms with E-state index in [-0.39, 0.29) is 0 Å². The summed E-state index contributed by atoms with van der Waals surface area (Å²) in [7, 11) is 0. The molecule has 0 aromatic carbocycles. The van der Waals surface area contributed by atoms with Gasteiger partial charge in [-0.15, -0.1) is 0 Å². The quantitative estimate of drug-likeness (QED) is 0.769. The molecule has 0 amide bonds. The van der Waals surface area contributed by atoms with Gasteiger partial charge in [0.2, 0.25) is 5.88 Å². The highest BCUT2D eigenvalue weighted by Gasteiger charge is 2.09. The smallest absolute Gasteiger partial charge is 0.213 e. The van der Waals surface area contributed by atoms with Crippen molar-refractivity contribution in [3.8, 4) is 5.88 Å². The van der Waals surface area contributed by atoms with E-state index in [4.69, 9.17) is 9.26 Å². The van der Waals surface area contributed by atoms with Crippen LogP contribution in [0.4, 0.5) is 0 Å². The molecular formula is C11H12N2O2. The van der Waals surface area contributed by atoms with Crippen LogP contribution >= 0.6 is 0 Å². The molecule has 2 heterocycles. The average molecular weight is 204 g/mol. The first-order valence-electron chi connectivity index (χ1n) is 4.73. The molecule has 0 aliphatic carbocycles. The highest BCUT2D eigenvalue weighted by molar-refractivity contribution is 5.20. The van der Waals surface area contributed by atoms with Crippen molar-refractivity contribution in [3.63, 3.8) is 0 Å². The summed E-state index contributed by atoms with van der Waals surface area (Å²) in [5.41, 5.74) is 1.85. The fraction of sp³-hybridized carbons (Fsp3) is 0.273. The third kappa shape index (κ3) is 2.15. The second-order valence-corrected chi connectivity index (χ2v) is 3.26. The Hall–Kier alpha value is -1.84. The van der Waals surface area contributed by atoms with Gasteiger partial charge in [0.05, 0.1) is 11.3 Å². The Balaban J connectivity index is 2.05. The number of ether oxygens (including phenoxy) is 1. The number of aromatic nitrogens is 2. The molecule has 0 saturated carbocycles. The molecular weight excluding hydrogens is 192 g/mol. The first kappa shape index (κ1) is 9.71. The molecule has 15 heavy (non-hydrogen) atoms. The molecule has 0 spiro atoms. The number of nitrogens with zero attached hydrogens (tertiary/aromatic N) is 2. The molecule has 0 aliphatic heterocycles. The minimum Gasteiger partial charge on any atom is -0.473 e. The maximum Gasteiger partial charge on any atom is 0.213 e. The SMILES string of the molecule is Cc1noc(C)c1COc1ccccn1. The van der Waals surface area contributed by atoms with E-state index in [0.29, 0.717) is 12.5 Å². The molecule has 0 radical (unpaired) electrons. The van der Waals surface area contributed by atoms with Crippen LogP contribution in [0, 0.1) is 13.8 Å². The van der Waals surface area contributed by atoms with Gasteiger partial charge in [-0.1, -0.05) is 11.2 Å². The molecule has 0 fully saturated rings. The van der Waals surface area contributed by atoms with Gasteiger partial charge in [0.25, 0.3) is 0 Å². The van der Waals surface area contributed by atoms with E-state index in [9.17, 15) is 0 Å². The summed E-state index contributed by atoms with van der Waals surface area (Å²) < 4.78 is 10.5. The predicted octanol–water partition coefficient (Wildman–Crippen LogP) is 2.27. The summed E-state index contributed by atoms with van der Waals surface area (Å²) in [6.07, 6.45) is 1.70. The van der Waals surface area contributed by atoms with Crippen LogP contribution in [0.1, 0.15) is 17.0 Å². The van der Waals surface area contributed by atoms with Crippen molar-refractivity contribution in [3.05, 3.63) is 41.4 Å². The van der Waals surface area contributed by atoms with Crippen molar-refractivity contribution < 1.29 is 9.26 Å². The molecule has 0 bridgehead atoms. The summed E-state index contributed by atoms with van der Waals surface area (Å²) in [6.45, 7) is 4.21. The Bertz CT molecular complexity index is 418. The van der Waals surface area contributed by atoms with Crippen molar-refractivity contribution >= 4 is 0 Å². The van der Waals surface area contributed by atoms with Crippen LogP contribution in [0.3, 0.4) is 0 Å². The largest absolute Gasteiger partial charge is 0.473 e. The molecule has 0 atom stereocenters. The Morgan fingerprint density at radius 2 is 2.20 bits per heavy atom. The van der Waals surface area contributed by atoms with Crippen LogP contribution in [-0.2, 0) is 6.61 Å². The van der Waals surface area contributed by atoms with Crippen LogP contribution in [0.5, 0.6) is 5.88 Å². The van der Waals surface area contributed by atoms with Gasteiger partial charge >= 0.3 is 0 Å². The van der Waals surface area contributed by atoms with Crippen molar-refractivity contribution in [1.82, 2.24) is 10.1 Å². The van der Waals surface area contributed by atoms with E-state index in [1.165, 1.54) is 0 Å². The zero-order chi connectivity index (χ0) is 10.7. The first-order valence-corrected chi connectivity index (χ1v) is 4.73. The lowest BCUT2D eigenvalue weighted by Crippen LogP contribution is -1.98. The number of hydrogen-bond donors (Lipinski definition) is 0. The first-order chi connectivity index (χ1) is 7.27. The highest BCUT2D eigenvalue weighted by atomic mass is 16.5. The van der Waals surface area contributed by atoms with Gasteiger partial charge in [-0.2, -0.15) is 0 Å². The van der Waals surface area contributed by atoms with Crippen LogP contribution in [0.25, 0.3) is 0 Å². The summed E-state index contributed by atoms with van der Waals surface area (Å²) in [5.74, 6) is 1.40. The third-order valence-corrected chi connectivity index (χ3v) is 2.18. The number of rotatable bonds is 3. The summed E-state index contributed by atoms with van der Waals surface area (Å²) >= 11 is 0. The van der Waals surface area contributed by atoms with Gasteiger partial charge in [-0.05, 0) is 19.9 Å². The fourth-order valence-corrected chi connectivity index (χ4v) is 1.29. The minimum atomic E-state index is 0.443. The molecule has 2 rings (SSSR count). The minimum absolute atomic E-state index is 0.443. The molecule has 0 unspecified atom stereocenters. The lowest BCUT2D eigenvalue weighted by Gasteiger charge is -2.03. The Labute approximate surface area is 87.9 Å². The molecule has 78 valence electrons. The zero-order valence-electron chi connectivity index (χ0n) is 8.73. The number of aryl methyl sites for hydroxylation is 2. The maximum atomic E-state index is 5.50. The van der Waals surface area contributed by atoms with Gasteiger partial charge < -0.3 is 9.26 Å². The Kier molecular flexibility index (Phi) is 2.67. The lowest BCUT2D eigenvalue weighted by atomic mass is 10.2. The molecule has 0 N–H and O–H groups in total. The second-order valence-electron chi connectivity index (χ2n) is 3.26. The summed E-state index contributed by atoms with van der Waals surface area (Å²) in [4.78, 5) is 4.06. The Morgan fingerprint density at radius 3 is 2.80 bits per heavy atom. The van der Waals surface area contributed by atoms with E-state index in [1.807, 2.05) is 32.0 Å². The normalized spacial score (nSPS) is 10.3. The molecule has 2 aromatic heterocycles. The van der Waals surface area contributed by atoms with Crippen molar-refractivity contribution in [2.75, 3.05) is 0 Å².